The van der Waals surface area contributed by atoms with Crippen LogP contribution in [0.2, 0.25) is 0 Å². The topological polar surface area (TPSA) is 89.0 Å². The summed E-state index contributed by atoms with van der Waals surface area (Å²) in [6.07, 6.45) is 0.872. The first-order valence-electron chi connectivity index (χ1n) is 11.4. The first-order valence-corrected chi connectivity index (χ1v) is 12.3. The van der Waals surface area contributed by atoms with Gasteiger partial charge in [-0.3, -0.25) is 14.5 Å². The first kappa shape index (κ1) is 23.6. The third-order valence-corrected chi connectivity index (χ3v) is 7.31. The van der Waals surface area contributed by atoms with Gasteiger partial charge in [0.1, 0.15) is 23.3 Å². The average Bonchev–Trinajstić information content (AvgIpc) is 3.45. The highest BCUT2D eigenvalue weighted by Crippen LogP contribution is 2.46. The number of aromatic nitrogens is 1. The lowest BCUT2D eigenvalue weighted by Crippen LogP contribution is -2.29. The maximum atomic E-state index is 13.5. The Morgan fingerprint density at radius 2 is 1.78 bits per heavy atom. The van der Waals surface area contributed by atoms with E-state index in [1.165, 1.54) is 23.3 Å². The van der Waals surface area contributed by atoms with Gasteiger partial charge in [0.15, 0.2) is 5.13 Å². The molecule has 1 aliphatic rings. The number of methoxy groups -OCH3 is 2. The quantitative estimate of drug-likeness (QED) is 0.214. The van der Waals surface area contributed by atoms with Crippen LogP contribution in [0.3, 0.4) is 0 Å². The second kappa shape index (κ2) is 9.47. The number of carbonyl (C=O) groups is 2. The van der Waals surface area contributed by atoms with Gasteiger partial charge in [0.2, 0.25) is 0 Å². The molecule has 1 saturated heterocycles. The van der Waals surface area contributed by atoms with Crippen molar-refractivity contribution in [3.63, 3.8) is 0 Å². The molecule has 0 aliphatic carbocycles. The standard InChI is InChI=1S/C28H24N2O5S/c1-4-16-9-14-20-22(15-16)36-28(29-20)30-24(19-7-5-6-8-21(19)35-3)23(26(32)27(30)33)25(31)17-10-12-18(34-2)13-11-17/h5-15,24,31H,4H2,1-3H3/b25-23+/t24-/m0/s1. The molecule has 5 rings (SSSR count). The monoisotopic (exact) mass is 500 g/mol. The van der Waals surface area contributed by atoms with Crippen LogP contribution in [0.15, 0.2) is 72.3 Å². The highest BCUT2D eigenvalue weighted by molar-refractivity contribution is 7.22. The number of anilines is 1. The van der Waals surface area contributed by atoms with Crippen molar-refractivity contribution in [2.24, 2.45) is 0 Å². The van der Waals surface area contributed by atoms with Crippen LogP contribution < -0.4 is 14.4 Å². The van der Waals surface area contributed by atoms with Gasteiger partial charge in [0.05, 0.1) is 30.0 Å². The Bertz CT molecular complexity index is 1510. The molecule has 1 atom stereocenters. The van der Waals surface area contributed by atoms with E-state index in [2.05, 4.69) is 11.9 Å². The number of rotatable bonds is 6. The van der Waals surface area contributed by atoms with Gasteiger partial charge in [-0.05, 0) is 54.4 Å². The summed E-state index contributed by atoms with van der Waals surface area (Å²) in [6, 6.07) is 18.8. The highest BCUT2D eigenvalue weighted by atomic mass is 32.1. The second-order valence-corrected chi connectivity index (χ2v) is 9.30. The summed E-state index contributed by atoms with van der Waals surface area (Å²) >= 11 is 1.34. The average molecular weight is 501 g/mol. The Balaban J connectivity index is 1.73. The fraction of sp³-hybridized carbons (Fsp3) is 0.179. The Morgan fingerprint density at radius 1 is 1.03 bits per heavy atom. The predicted molar refractivity (Wildman–Crippen MR) is 140 cm³/mol. The number of fused-ring (bicyclic) bond motifs is 1. The molecule has 0 saturated carbocycles. The molecule has 0 unspecified atom stereocenters. The molecule has 0 bridgehead atoms. The molecule has 0 spiro atoms. The molecule has 7 nitrogen and oxygen atoms in total. The summed E-state index contributed by atoms with van der Waals surface area (Å²) in [6.45, 7) is 2.07. The number of ether oxygens (including phenoxy) is 2. The molecule has 1 fully saturated rings. The number of aliphatic hydroxyl groups excluding tert-OH is 1. The van der Waals surface area contributed by atoms with Gasteiger partial charge in [0, 0.05) is 11.1 Å². The van der Waals surface area contributed by atoms with Crippen molar-refractivity contribution < 1.29 is 24.2 Å². The van der Waals surface area contributed by atoms with E-state index in [-0.39, 0.29) is 11.3 Å². The van der Waals surface area contributed by atoms with Gasteiger partial charge in [-0.25, -0.2) is 4.98 Å². The molecule has 8 heteroatoms. The van der Waals surface area contributed by atoms with E-state index in [1.807, 2.05) is 24.3 Å². The summed E-state index contributed by atoms with van der Waals surface area (Å²) < 4.78 is 11.7. The van der Waals surface area contributed by atoms with Crippen molar-refractivity contribution in [3.8, 4) is 11.5 Å². The lowest BCUT2D eigenvalue weighted by molar-refractivity contribution is -0.132. The van der Waals surface area contributed by atoms with Crippen molar-refractivity contribution in [3.05, 3.63) is 89.0 Å². The smallest absolute Gasteiger partial charge is 0.301 e. The molecule has 4 aromatic rings. The number of Topliss-reactive ketones (excluding diaryl/α,β-unsaturated/α-hetero) is 1. The molecule has 1 amide bonds. The van der Waals surface area contributed by atoms with Crippen LogP contribution >= 0.6 is 11.3 Å². The normalized spacial score (nSPS) is 17.1. The van der Waals surface area contributed by atoms with E-state index in [1.54, 1.807) is 49.6 Å². The van der Waals surface area contributed by atoms with Crippen molar-refractivity contribution in [1.29, 1.82) is 0 Å². The van der Waals surface area contributed by atoms with Crippen LogP contribution in [0.4, 0.5) is 5.13 Å². The van der Waals surface area contributed by atoms with E-state index >= 15 is 0 Å². The van der Waals surface area contributed by atoms with E-state index in [0.717, 1.165) is 22.2 Å². The third-order valence-electron chi connectivity index (χ3n) is 6.30. The Morgan fingerprint density at radius 3 is 2.47 bits per heavy atom. The van der Waals surface area contributed by atoms with Crippen molar-refractivity contribution in [1.82, 2.24) is 4.98 Å². The maximum absolute atomic E-state index is 13.5. The molecule has 1 N–H and O–H groups in total. The van der Waals surface area contributed by atoms with Crippen LogP contribution in [-0.2, 0) is 16.0 Å². The number of hydrogen-bond acceptors (Lipinski definition) is 7. The van der Waals surface area contributed by atoms with E-state index < -0.39 is 17.7 Å². The number of hydrogen-bond donors (Lipinski definition) is 1. The predicted octanol–water partition coefficient (Wildman–Crippen LogP) is 5.50. The van der Waals surface area contributed by atoms with Crippen LogP contribution in [0.25, 0.3) is 16.0 Å². The SMILES string of the molecule is CCc1ccc2nc(N3C(=O)C(=O)/C(=C(/O)c4ccc(OC)cc4)[C@@H]3c3ccccc3OC)sc2c1. The van der Waals surface area contributed by atoms with Gasteiger partial charge in [-0.15, -0.1) is 0 Å². The zero-order valence-corrected chi connectivity index (χ0v) is 20.8. The number of para-hydroxylation sites is 1. The minimum atomic E-state index is -0.922. The van der Waals surface area contributed by atoms with Crippen LogP contribution in [-0.4, -0.2) is 36.0 Å². The van der Waals surface area contributed by atoms with E-state index in [4.69, 9.17) is 9.47 Å². The molecule has 2 heterocycles. The van der Waals surface area contributed by atoms with Crippen molar-refractivity contribution >= 4 is 44.1 Å². The van der Waals surface area contributed by atoms with Crippen LogP contribution in [0.5, 0.6) is 11.5 Å². The Kier molecular flexibility index (Phi) is 6.20. The summed E-state index contributed by atoms with van der Waals surface area (Å²) in [4.78, 5) is 33.0. The van der Waals surface area contributed by atoms with Crippen LogP contribution in [0.1, 0.15) is 29.7 Å². The molecule has 182 valence electrons. The van der Waals surface area contributed by atoms with Gasteiger partial charge in [-0.2, -0.15) is 0 Å². The summed E-state index contributed by atoms with van der Waals surface area (Å²) in [5.74, 6) is -0.717. The first-order chi connectivity index (χ1) is 17.5. The number of benzene rings is 3. The number of amides is 1. The number of ketones is 1. The number of nitrogens with zero attached hydrogens (tertiary/aromatic N) is 2. The number of aryl methyl sites for hydroxylation is 1. The van der Waals surface area contributed by atoms with Crippen molar-refractivity contribution in [2.45, 2.75) is 19.4 Å². The lowest BCUT2D eigenvalue weighted by Gasteiger charge is -2.24. The van der Waals surface area contributed by atoms with Crippen LogP contribution in [0, 0.1) is 0 Å². The molecule has 1 aliphatic heterocycles. The minimum Gasteiger partial charge on any atom is -0.507 e. The van der Waals surface area contributed by atoms with Crippen molar-refractivity contribution in [2.75, 3.05) is 19.1 Å². The molecule has 3 aromatic carbocycles. The number of aliphatic hydroxyl groups is 1. The summed E-state index contributed by atoms with van der Waals surface area (Å²) in [5.41, 5.74) is 2.83. The second-order valence-electron chi connectivity index (χ2n) is 8.29. The zero-order valence-electron chi connectivity index (χ0n) is 20.0. The summed E-state index contributed by atoms with van der Waals surface area (Å²) in [5, 5.41) is 11.7. The third kappa shape index (κ3) is 3.89. The number of thiazole rings is 1. The fourth-order valence-electron chi connectivity index (χ4n) is 4.40. The van der Waals surface area contributed by atoms with Gasteiger partial charge < -0.3 is 14.6 Å². The Hall–Kier alpha value is -4.17. The van der Waals surface area contributed by atoms with Gasteiger partial charge in [-0.1, -0.05) is 42.5 Å². The fourth-order valence-corrected chi connectivity index (χ4v) is 5.46. The molecular formula is C28H24N2O5S. The molecular weight excluding hydrogens is 476 g/mol. The maximum Gasteiger partial charge on any atom is 0.301 e. The highest BCUT2D eigenvalue weighted by Gasteiger charge is 2.49. The number of carbonyl (C=O) groups excluding carboxylic acids is 2. The lowest BCUT2D eigenvalue weighted by atomic mass is 9.94. The van der Waals surface area contributed by atoms with E-state index in [0.29, 0.717) is 27.8 Å². The van der Waals surface area contributed by atoms with E-state index in [9.17, 15) is 14.7 Å². The van der Waals surface area contributed by atoms with Gasteiger partial charge in [0.25, 0.3) is 5.78 Å². The molecule has 36 heavy (non-hydrogen) atoms. The zero-order chi connectivity index (χ0) is 25.4. The largest absolute Gasteiger partial charge is 0.507 e. The summed E-state index contributed by atoms with van der Waals surface area (Å²) in [7, 11) is 3.07. The Labute approximate surface area is 212 Å². The molecule has 0 radical (unpaired) electrons. The molecule has 1 aromatic heterocycles. The van der Waals surface area contributed by atoms with Gasteiger partial charge >= 0.3 is 5.91 Å². The minimum absolute atomic E-state index is 0.0248.